The molecule has 5 nitrogen and oxygen atoms in total. The lowest BCUT2D eigenvalue weighted by Gasteiger charge is -2.10. The van der Waals surface area contributed by atoms with Gasteiger partial charge in [0.2, 0.25) is 0 Å². The molecule has 0 amide bonds. The molecule has 0 aliphatic rings. The molecule has 0 aliphatic carbocycles. The summed E-state index contributed by atoms with van der Waals surface area (Å²) < 4.78 is 3.30. The highest BCUT2D eigenvalue weighted by atomic mass is 16.1. The lowest BCUT2D eigenvalue weighted by atomic mass is 10.1. The minimum atomic E-state index is -0.0417. The van der Waals surface area contributed by atoms with E-state index in [1.54, 1.807) is 27.5 Å². The van der Waals surface area contributed by atoms with Gasteiger partial charge in [-0.2, -0.15) is 5.10 Å². The molecule has 0 fully saturated rings. The number of fused-ring (bicyclic) bond motifs is 1. The summed E-state index contributed by atoms with van der Waals surface area (Å²) in [7, 11) is 0. The van der Waals surface area contributed by atoms with Crippen molar-refractivity contribution in [2.45, 2.75) is 20.0 Å². The van der Waals surface area contributed by atoms with Crippen LogP contribution < -0.4 is 11.3 Å². The van der Waals surface area contributed by atoms with Crippen molar-refractivity contribution >= 4 is 5.52 Å². The highest BCUT2D eigenvalue weighted by Crippen LogP contribution is 2.09. The Morgan fingerprint density at radius 1 is 1.20 bits per heavy atom. The van der Waals surface area contributed by atoms with Crippen LogP contribution in [-0.4, -0.2) is 14.2 Å². The van der Waals surface area contributed by atoms with Crippen LogP contribution in [0.15, 0.2) is 47.5 Å². The zero-order valence-electron chi connectivity index (χ0n) is 11.3. The van der Waals surface area contributed by atoms with Crippen molar-refractivity contribution in [1.29, 1.82) is 0 Å². The van der Waals surface area contributed by atoms with E-state index in [1.807, 2.05) is 31.2 Å². The molecule has 5 heteroatoms. The molecule has 1 aromatic carbocycles. The number of aromatic nitrogens is 3. The maximum absolute atomic E-state index is 12.4. The van der Waals surface area contributed by atoms with Gasteiger partial charge in [0.15, 0.2) is 0 Å². The fourth-order valence-electron chi connectivity index (χ4n) is 2.37. The van der Waals surface area contributed by atoms with E-state index in [0.717, 1.165) is 16.8 Å². The molecule has 0 saturated carbocycles. The number of hydrogen-bond acceptors (Lipinski definition) is 3. The van der Waals surface area contributed by atoms with Crippen LogP contribution in [0.4, 0.5) is 0 Å². The maximum Gasteiger partial charge on any atom is 0.276 e. The number of benzene rings is 1. The topological polar surface area (TPSA) is 65.3 Å². The molecule has 3 rings (SSSR count). The van der Waals surface area contributed by atoms with Gasteiger partial charge in [-0.05, 0) is 24.1 Å². The van der Waals surface area contributed by atoms with Crippen molar-refractivity contribution < 1.29 is 0 Å². The van der Waals surface area contributed by atoms with E-state index in [4.69, 9.17) is 5.73 Å². The van der Waals surface area contributed by atoms with Gasteiger partial charge in [-0.1, -0.05) is 24.3 Å². The molecule has 0 atom stereocenters. The predicted molar refractivity (Wildman–Crippen MR) is 77.6 cm³/mol. The third-order valence-electron chi connectivity index (χ3n) is 3.40. The molecule has 2 N–H and O–H groups in total. The molecule has 3 aromatic rings. The molecule has 0 unspecified atom stereocenters. The number of rotatable bonds is 3. The van der Waals surface area contributed by atoms with Crippen LogP contribution in [0.2, 0.25) is 0 Å². The molecular formula is C15H16N4O. The number of nitrogens with zero attached hydrogens (tertiary/aromatic N) is 3. The Hall–Kier alpha value is -2.40. The van der Waals surface area contributed by atoms with Crippen molar-refractivity contribution in [3.05, 3.63) is 69.9 Å². The third kappa shape index (κ3) is 2.12. The normalized spacial score (nSPS) is 11.1. The summed E-state index contributed by atoms with van der Waals surface area (Å²) >= 11 is 0. The first-order valence-corrected chi connectivity index (χ1v) is 6.51. The second kappa shape index (κ2) is 4.94. The van der Waals surface area contributed by atoms with Gasteiger partial charge in [-0.15, -0.1) is 0 Å². The van der Waals surface area contributed by atoms with Crippen molar-refractivity contribution in [2.24, 2.45) is 5.73 Å². The Morgan fingerprint density at radius 3 is 2.70 bits per heavy atom. The Bertz CT molecular complexity index is 816. The third-order valence-corrected chi connectivity index (χ3v) is 3.40. The molecule has 102 valence electrons. The average Bonchev–Trinajstić information content (AvgIpc) is 2.84. The van der Waals surface area contributed by atoms with Gasteiger partial charge < -0.3 is 10.3 Å². The smallest absolute Gasteiger partial charge is 0.276 e. The van der Waals surface area contributed by atoms with Crippen molar-refractivity contribution in [3.8, 4) is 0 Å². The largest absolute Gasteiger partial charge is 0.326 e. The van der Waals surface area contributed by atoms with Gasteiger partial charge in [0.1, 0.15) is 5.52 Å². The molecule has 0 saturated heterocycles. The highest BCUT2D eigenvalue weighted by molar-refractivity contribution is 5.45. The first-order valence-electron chi connectivity index (χ1n) is 6.51. The first kappa shape index (κ1) is 12.6. The van der Waals surface area contributed by atoms with E-state index < -0.39 is 0 Å². The van der Waals surface area contributed by atoms with E-state index in [9.17, 15) is 4.79 Å². The van der Waals surface area contributed by atoms with Crippen molar-refractivity contribution in [2.75, 3.05) is 0 Å². The number of nitrogens with two attached hydrogens (primary N) is 1. The lowest BCUT2D eigenvalue weighted by Crippen LogP contribution is -2.22. The summed E-state index contributed by atoms with van der Waals surface area (Å²) in [4.78, 5) is 12.4. The minimum Gasteiger partial charge on any atom is -0.326 e. The quantitative estimate of drug-likeness (QED) is 0.779. The zero-order chi connectivity index (χ0) is 14.1. The molecule has 0 radical (unpaired) electrons. The summed E-state index contributed by atoms with van der Waals surface area (Å²) in [5, 5.41) is 4.24. The van der Waals surface area contributed by atoms with Gasteiger partial charge in [-0.25, -0.2) is 4.52 Å². The van der Waals surface area contributed by atoms with Crippen LogP contribution in [-0.2, 0) is 13.1 Å². The van der Waals surface area contributed by atoms with Crippen LogP contribution in [0.3, 0.4) is 0 Å². The van der Waals surface area contributed by atoms with E-state index in [2.05, 4.69) is 5.10 Å². The molecule has 0 aliphatic heterocycles. The van der Waals surface area contributed by atoms with Gasteiger partial charge in [0, 0.05) is 18.9 Å². The fourth-order valence-corrected chi connectivity index (χ4v) is 2.37. The zero-order valence-corrected chi connectivity index (χ0v) is 11.3. The van der Waals surface area contributed by atoms with Crippen molar-refractivity contribution in [1.82, 2.24) is 14.2 Å². The van der Waals surface area contributed by atoms with Crippen LogP contribution in [0.1, 0.15) is 16.8 Å². The Labute approximate surface area is 116 Å². The first-order chi connectivity index (χ1) is 9.69. The number of aryl methyl sites for hydroxylation is 1. The molecule has 0 bridgehead atoms. The summed E-state index contributed by atoms with van der Waals surface area (Å²) in [6, 6.07) is 9.70. The van der Waals surface area contributed by atoms with Gasteiger partial charge in [-0.3, -0.25) is 4.79 Å². The van der Waals surface area contributed by atoms with Gasteiger partial charge >= 0.3 is 0 Å². The van der Waals surface area contributed by atoms with E-state index in [1.165, 1.54) is 0 Å². The van der Waals surface area contributed by atoms with Crippen LogP contribution >= 0.6 is 0 Å². The van der Waals surface area contributed by atoms with Crippen LogP contribution in [0.25, 0.3) is 5.52 Å². The summed E-state index contributed by atoms with van der Waals surface area (Å²) in [6.45, 7) is 2.87. The average molecular weight is 268 g/mol. The molecule has 0 spiro atoms. The van der Waals surface area contributed by atoms with Crippen LogP contribution in [0.5, 0.6) is 0 Å². The summed E-state index contributed by atoms with van der Waals surface area (Å²) in [6.07, 6.45) is 3.56. The van der Waals surface area contributed by atoms with E-state index in [0.29, 0.717) is 18.6 Å². The molecular weight excluding hydrogens is 252 g/mol. The second-order valence-corrected chi connectivity index (χ2v) is 4.82. The Balaban J connectivity index is 2.07. The summed E-state index contributed by atoms with van der Waals surface area (Å²) in [5.74, 6) is 0. The second-order valence-electron chi connectivity index (χ2n) is 4.82. The molecule has 2 aromatic heterocycles. The van der Waals surface area contributed by atoms with Gasteiger partial charge in [0.05, 0.1) is 12.2 Å². The molecule has 20 heavy (non-hydrogen) atoms. The molecule has 2 heterocycles. The highest BCUT2D eigenvalue weighted by Gasteiger charge is 2.07. The Morgan fingerprint density at radius 2 is 1.95 bits per heavy atom. The van der Waals surface area contributed by atoms with Gasteiger partial charge in [0.25, 0.3) is 5.56 Å². The van der Waals surface area contributed by atoms with E-state index >= 15 is 0 Å². The van der Waals surface area contributed by atoms with E-state index in [-0.39, 0.29) is 5.56 Å². The predicted octanol–water partition coefficient (Wildman–Crippen LogP) is 1.31. The lowest BCUT2D eigenvalue weighted by molar-refractivity contribution is 0.734. The standard InChI is InChI=1S/C15H16N4O/c1-11-8-14-15(20)18(6-7-19(14)17-11)10-13-5-3-2-4-12(13)9-16/h2-8H,9-10,16H2,1H3. The minimum absolute atomic E-state index is 0.0417. The Kier molecular flexibility index (Phi) is 3.12. The number of hydrogen-bond donors (Lipinski definition) is 1. The summed E-state index contributed by atoms with van der Waals surface area (Å²) in [5.41, 5.74) is 9.25. The monoisotopic (exact) mass is 268 g/mol. The van der Waals surface area contributed by atoms with Crippen molar-refractivity contribution in [3.63, 3.8) is 0 Å². The maximum atomic E-state index is 12.4. The SMILES string of the molecule is Cc1cc2c(=O)n(Cc3ccccc3CN)ccn2n1. The fraction of sp³-hybridized carbons (Fsp3) is 0.200. The van der Waals surface area contributed by atoms with Crippen LogP contribution in [0, 0.1) is 6.92 Å².